The van der Waals surface area contributed by atoms with Crippen LogP contribution in [0.5, 0.6) is 5.75 Å². The molecule has 0 unspecified atom stereocenters. The van der Waals surface area contributed by atoms with E-state index in [1.54, 1.807) is 0 Å². The van der Waals surface area contributed by atoms with Crippen molar-refractivity contribution in [2.45, 2.75) is 37.4 Å². The van der Waals surface area contributed by atoms with Crippen molar-refractivity contribution in [2.75, 3.05) is 6.26 Å². The molecule has 0 bridgehead atoms. The van der Waals surface area contributed by atoms with E-state index in [0.717, 1.165) is 36.7 Å². The molecule has 0 radical (unpaired) electrons. The summed E-state index contributed by atoms with van der Waals surface area (Å²) in [7, 11) is -4.00. The zero-order valence-corrected chi connectivity index (χ0v) is 24.0. The molecule has 0 aliphatic carbocycles. The summed E-state index contributed by atoms with van der Waals surface area (Å²) in [5.74, 6) is -1.41. The molecule has 4 rings (SSSR count). The maximum atomic E-state index is 14.9. The Kier molecular flexibility index (Phi) is 9.21. The molecule has 0 atom stereocenters. The fourth-order valence-electron chi connectivity index (χ4n) is 4.24. The monoisotopic (exact) mass is 657 g/mol. The normalized spacial score (nSPS) is 12.6. The number of aliphatic imine (C=N–C) groups is 1. The second kappa shape index (κ2) is 12.4. The molecule has 0 amide bonds. The van der Waals surface area contributed by atoms with E-state index in [4.69, 9.17) is 9.83 Å². The third kappa shape index (κ3) is 7.94. The van der Waals surface area contributed by atoms with Crippen LogP contribution in [-0.2, 0) is 16.4 Å². The number of ether oxygens (including phenoxy) is 1. The van der Waals surface area contributed by atoms with Crippen LogP contribution in [0.1, 0.15) is 17.9 Å². The van der Waals surface area contributed by atoms with E-state index in [2.05, 4.69) is 14.7 Å². The Labute approximate surface area is 251 Å². The number of oxazole rings is 1. The van der Waals surface area contributed by atoms with Crippen molar-refractivity contribution >= 4 is 27.5 Å². The second-order valence-corrected chi connectivity index (χ2v) is 11.6. The number of rotatable bonds is 9. The van der Waals surface area contributed by atoms with Crippen molar-refractivity contribution in [1.82, 2.24) is 4.98 Å². The lowest BCUT2D eigenvalue weighted by atomic mass is 9.97. The highest BCUT2D eigenvalue weighted by molar-refractivity contribution is 7.90. The van der Waals surface area contributed by atoms with E-state index in [1.165, 1.54) is 37.3 Å². The number of nitrogens with zero attached hydrogens (tertiary/aromatic N) is 2. The minimum absolute atomic E-state index is 0.0242. The number of halogens is 7. The van der Waals surface area contributed by atoms with Gasteiger partial charge >= 0.3 is 12.5 Å². The van der Waals surface area contributed by atoms with Crippen molar-refractivity contribution in [3.63, 3.8) is 0 Å². The van der Waals surface area contributed by atoms with E-state index in [-0.39, 0.29) is 45.3 Å². The van der Waals surface area contributed by atoms with Crippen molar-refractivity contribution in [1.29, 1.82) is 5.41 Å². The highest BCUT2D eigenvalue weighted by atomic mass is 32.2. The van der Waals surface area contributed by atoms with Gasteiger partial charge in [0.15, 0.2) is 21.5 Å². The molecular weight excluding hydrogens is 635 g/mol. The average Bonchev–Trinajstić information content (AvgIpc) is 3.32. The average molecular weight is 658 g/mol. The number of sulfone groups is 1. The van der Waals surface area contributed by atoms with Crippen LogP contribution in [0.15, 0.2) is 68.9 Å². The van der Waals surface area contributed by atoms with Crippen LogP contribution < -0.4 is 4.74 Å². The van der Waals surface area contributed by atoms with Crippen LogP contribution in [0, 0.1) is 18.2 Å². The van der Waals surface area contributed by atoms with Gasteiger partial charge in [0.2, 0.25) is 0 Å². The van der Waals surface area contributed by atoms with Crippen LogP contribution in [0.2, 0.25) is 0 Å². The highest BCUT2D eigenvalue weighted by Crippen LogP contribution is 2.41. The third-order valence-electron chi connectivity index (χ3n) is 6.25. The first-order valence-corrected chi connectivity index (χ1v) is 14.6. The van der Waals surface area contributed by atoms with Gasteiger partial charge in [-0.2, -0.15) is 13.2 Å². The second-order valence-electron chi connectivity index (χ2n) is 9.57. The number of aromatic nitrogens is 1. The van der Waals surface area contributed by atoms with Crippen molar-refractivity contribution in [2.24, 2.45) is 4.99 Å². The molecule has 0 spiro atoms. The Morgan fingerprint density at radius 1 is 1.02 bits per heavy atom. The summed E-state index contributed by atoms with van der Waals surface area (Å²) in [6, 6.07) is 10.8. The SMILES string of the molecule is Cc1nc(-c2cc(-c3cc(F)c(CO)c(S(C)(=O)=O)c3)ccc2N=CCC(=N)C(F)(F)F)c(-c2ccc(OC(F)(F)F)cc2)o1. The molecule has 45 heavy (non-hydrogen) atoms. The van der Waals surface area contributed by atoms with Crippen LogP contribution in [-0.4, -0.2) is 49.2 Å². The number of aliphatic hydroxyl groups is 1. The standard InChI is InChI=1S/C29H22F7N3O5S/c1-15-39-26(27(43-15)16-3-6-19(7-4-16)44-29(34,35)36)20-11-17(5-8-23(20)38-10-9-25(37)28(31,32)33)18-12-22(30)21(14-40)24(13-18)45(2,41)42/h3-8,10-13,37,40H,9,14H2,1-2H3. The largest absolute Gasteiger partial charge is 0.573 e. The van der Waals surface area contributed by atoms with Gasteiger partial charge in [-0.25, -0.2) is 17.8 Å². The Hall–Kier alpha value is -4.57. The van der Waals surface area contributed by atoms with E-state index < -0.39 is 63.1 Å². The zero-order chi connectivity index (χ0) is 33.3. The Bertz CT molecular complexity index is 1880. The quantitative estimate of drug-likeness (QED) is 0.141. The molecule has 8 nitrogen and oxygen atoms in total. The number of alkyl halides is 6. The van der Waals surface area contributed by atoms with E-state index >= 15 is 0 Å². The van der Waals surface area contributed by atoms with Gasteiger partial charge in [0.1, 0.15) is 23.0 Å². The summed E-state index contributed by atoms with van der Waals surface area (Å²) >= 11 is 0. The molecule has 0 saturated carbocycles. The molecule has 0 aliphatic heterocycles. The maximum absolute atomic E-state index is 14.9. The number of aliphatic hydroxyl groups excluding tert-OH is 1. The highest BCUT2D eigenvalue weighted by Gasteiger charge is 2.33. The van der Waals surface area contributed by atoms with Crippen LogP contribution >= 0.6 is 0 Å². The molecule has 0 aliphatic rings. The first-order valence-electron chi connectivity index (χ1n) is 12.7. The number of hydrogen-bond acceptors (Lipinski definition) is 8. The molecule has 3 aromatic carbocycles. The maximum Gasteiger partial charge on any atom is 0.573 e. The van der Waals surface area contributed by atoms with E-state index in [9.17, 15) is 44.3 Å². The fraction of sp³-hybridized carbons (Fsp3) is 0.207. The number of benzene rings is 3. The van der Waals surface area contributed by atoms with Crippen molar-refractivity contribution in [3.8, 4) is 39.5 Å². The van der Waals surface area contributed by atoms with Gasteiger partial charge in [-0.3, -0.25) is 4.99 Å². The number of hydrogen-bond donors (Lipinski definition) is 2. The van der Waals surface area contributed by atoms with Crippen LogP contribution in [0.25, 0.3) is 33.7 Å². The van der Waals surface area contributed by atoms with Crippen LogP contribution in [0.4, 0.5) is 36.4 Å². The third-order valence-corrected chi connectivity index (χ3v) is 7.41. The van der Waals surface area contributed by atoms with Gasteiger partial charge in [0.25, 0.3) is 0 Å². The molecule has 0 fully saturated rings. The first kappa shape index (κ1) is 33.3. The zero-order valence-electron chi connectivity index (χ0n) is 23.2. The number of nitrogens with one attached hydrogen (secondary N) is 1. The summed E-state index contributed by atoms with van der Waals surface area (Å²) in [6.45, 7) is 0.571. The summed E-state index contributed by atoms with van der Waals surface area (Å²) in [6.07, 6.45) is -9.00. The van der Waals surface area contributed by atoms with Gasteiger partial charge in [-0.1, -0.05) is 6.07 Å². The minimum atomic E-state index is -4.93. The predicted molar refractivity (Wildman–Crippen MR) is 150 cm³/mol. The predicted octanol–water partition coefficient (Wildman–Crippen LogP) is 7.59. The lowest BCUT2D eigenvalue weighted by molar-refractivity contribution is -0.274. The summed E-state index contributed by atoms with van der Waals surface area (Å²) in [4.78, 5) is 7.95. The summed E-state index contributed by atoms with van der Waals surface area (Å²) in [5, 5.41) is 16.7. The molecule has 238 valence electrons. The smallest absolute Gasteiger partial charge is 0.440 e. The molecule has 16 heteroatoms. The first-order chi connectivity index (χ1) is 20.9. The van der Waals surface area contributed by atoms with Gasteiger partial charge in [-0.15, -0.1) is 13.2 Å². The molecule has 0 saturated heterocycles. The van der Waals surface area contributed by atoms with Gasteiger partial charge in [0.05, 0.1) is 17.2 Å². The minimum Gasteiger partial charge on any atom is -0.440 e. The van der Waals surface area contributed by atoms with Gasteiger partial charge < -0.3 is 19.7 Å². The molecular formula is C29H22F7N3O5S. The lowest BCUT2D eigenvalue weighted by Gasteiger charge is -2.13. The Morgan fingerprint density at radius 2 is 1.67 bits per heavy atom. The van der Waals surface area contributed by atoms with Gasteiger partial charge in [0, 0.05) is 42.5 Å². The summed E-state index contributed by atoms with van der Waals surface area (Å²) in [5.41, 5.74) is -1.33. The lowest BCUT2D eigenvalue weighted by Crippen LogP contribution is -2.21. The Balaban J connectivity index is 1.89. The summed E-state index contributed by atoms with van der Waals surface area (Å²) < 4.78 is 126. The molecule has 1 aromatic heterocycles. The van der Waals surface area contributed by atoms with E-state index in [1.807, 2.05) is 0 Å². The fourth-order valence-corrected chi connectivity index (χ4v) is 5.20. The van der Waals surface area contributed by atoms with Crippen molar-refractivity contribution in [3.05, 3.63) is 71.9 Å². The molecule has 1 heterocycles. The van der Waals surface area contributed by atoms with Crippen LogP contribution in [0.3, 0.4) is 0 Å². The molecule has 4 aromatic rings. The van der Waals surface area contributed by atoms with Gasteiger partial charge in [-0.05, 0) is 59.7 Å². The molecule has 2 N–H and O–H groups in total. The van der Waals surface area contributed by atoms with E-state index in [0.29, 0.717) is 0 Å². The topological polar surface area (TPSA) is 126 Å². The Morgan fingerprint density at radius 3 is 2.24 bits per heavy atom. The van der Waals surface area contributed by atoms with Crippen molar-refractivity contribution < 1.29 is 53.4 Å². The number of aryl methyl sites for hydroxylation is 1.